The number of aldehydes is 2. The number of carbonyl (C=O) groups excluding carboxylic acids is 3. The number of anilines is 2. The van der Waals surface area contributed by atoms with Crippen LogP contribution in [0.3, 0.4) is 0 Å². The lowest BCUT2D eigenvalue weighted by Crippen LogP contribution is -2.33. The zero-order valence-electron chi connectivity index (χ0n) is 48.3. The van der Waals surface area contributed by atoms with E-state index in [0.717, 1.165) is 117 Å². The van der Waals surface area contributed by atoms with E-state index in [1.54, 1.807) is 7.05 Å². The van der Waals surface area contributed by atoms with Crippen LogP contribution in [0.2, 0.25) is 0 Å². The van der Waals surface area contributed by atoms with Gasteiger partial charge in [-0.15, -0.1) is 0 Å². The highest BCUT2D eigenvalue weighted by atomic mass is 16.5. The van der Waals surface area contributed by atoms with Gasteiger partial charge in [-0.05, 0) is 150 Å². The molecule has 4 rings (SSSR count). The molecule has 1 fully saturated rings. The van der Waals surface area contributed by atoms with Crippen LogP contribution in [0.25, 0.3) is 0 Å². The molecule has 2 aliphatic rings. The van der Waals surface area contributed by atoms with Crippen LogP contribution in [0.15, 0.2) is 112 Å². The molecule has 4 atom stereocenters. The number of amides is 1. The predicted octanol–water partition coefficient (Wildman–Crippen LogP) is 14.3. The number of nitrogens with zero attached hydrogens (tertiary/aromatic N) is 3. The fourth-order valence-electron chi connectivity index (χ4n) is 8.69. The minimum absolute atomic E-state index is 0.0364. The SMILES string of the molecule is C=N/C=C1/CCN(C(/C=C\C)=C(\C)C2=C(C)OCCN2)CC1=C.CC.CCC(C)CC(C)C.CCNc1ccc(N(C)CC(CCC(C)C)C(C=O)CC)cc1.CNC(=O)C(CCC=O)c1ccc(C)cc1. The monoisotopic (exact) mass is 995 g/mol. The minimum Gasteiger partial charge on any atom is -0.494 e. The second-order valence-corrected chi connectivity index (χ2v) is 19.7. The van der Waals surface area contributed by atoms with Crippen LogP contribution in [-0.2, 0) is 19.1 Å². The second-order valence-electron chi connectivity index (χ2n) is 19.7. The van der Waals surface area contributed by atoms with Gasteiger partial charge in [-0.25, -0.2) is 0 Å². The van der Waals surface area contributed by atoms with Crippen molar-refractivity contribution in [1.82, 2.24) is 15.5 Å². The lowest BCUT2D eigenvalue weighted by molar-refractivity contribution is -0.122. The average molecular weight is 996 g/mol. The van der Waals surface area contributed by atoms with Crippen molar-refractivity contribution < 1.29 is 19.1 Å². The highest BCUT2D eigenvalue weighted by Crippen LogP contribution is 2.29. The first kappa shape index (κ1) is 66.6. The average Bonchev–Trinajstić information content (AvgIpc) is 3.37. The molecule has 0 aromatic heterocycles. The number of nitrogens with one attached hydrogen (secondary N) is 3. The number of aryl methyl sites for hydroxylation is 1. The Morgan fingerprint density at radius 2 is 1.60 bits per heavy atom. The maximum Gasteiger partial charge on any atom is 0.227 e. The van der Waals surface area contributed by atoms with Crippen LogP contribution in [0.4, 0.5) is 11.4 Å². The Morgan fingerprint density at radius 1 is 0.944 bits per heavy atom. The van der Waals surface area contributed by atoms with Crippen molar-refractivity contribution in [2.45, 2.75) is 154 Å². The van der Waals surface area contributed by atoms with Gasteiger partial charge in [0.1, 0.15) is 24.9 Å². The summed E-state index contributed by atoms with van der Waals surface area (Å²) in [5.74, 6) is 3.78. The first-order valence-electron chi connectivity index (χ1n) is 27.2. The van der Waals surface area contributed by atoms with E-state index in [1.165, 1.54) is 41.8 Å². The molecule has 0 spiro atoms. The highest BCUT2D eigenvalue weighted by Gasteiger charge is 2.24. The maximum absolute atomic E-state index is 11.7. The molecule has 2 aromatic rings. The fourth-order valence-corrected chi connectivity index (χ4v) is 8.69. The van der Waals surface area contributed by atoms with Crippen molar-refractivity contribution in [3.63, 3.8) is 0 Å². The summed E-state index contributed by atoms with van der Waals surface area (Å²) in [5.41, 5.74) is 10.3. The number of aliphatic imine (C=N–C) groups is 1. The first-order valence-corrected chi connectivity index (χ1v) is 27.2. The number of piperidine rings is 1. The molecule has 4 unspecified atom stereocenters. The molecule has 0 bridgehead atoms. The van der Waals surface area contributed by atoms with Gasteiger partial charge in [-0.1, -0.05) is 118 Å². The van der Waals surface area contributed by atoms with Gasteiger partial charge in [-0.3, -0.25) is 9.79 Å². The van der Waals surface area contributed by atoms with Crippen LogP contribution in [-0.4, -0.2) is 83.5 Å². The number of likely N-dealkylation sites (tertiary alicyclic amines) is 1. The summed E-state index contributed by atoms with van der Waals surface area (Å²) >= 11 is 0. The normalized spacial score (nSPS) is 15.8. The van der Waals surface area contributed by atoms with Crippen molar-refractivity contribution in [1.29, 1.82) is 0 Å². The van der Waals surface area contributed by atoms with Gasteiger partial charge in [0, 0.05) is 82.4 Å². The number of likely N-dealkylation sites (N-methyl/N-ethyl adjacent to an activating group) is 1. The number of ether oxygens (including phenoxy) is 1. The summed E-state index contributed by atoms with van der Waals surface area (Å²) in [7, 11) is 3.74. The molecule has 1 amide bonds. The van der Waals surface area contributed by atoms with Gasteiger partial charge in [0.25, 0.3) is 0 Å². The van der Waals surface area contributed by atoms with Crippen molar-refractivity contribution >= 4 is 36.6 Å². The van der Waals surface area contributed by atoms with Crippen LogP contribution in [0, 0.1) is 36.5 Å². The Bertz CT molecular complexity index is 1960. The van der Waals surface area contributed by atoms with Crippen molar-refractivity contribution in [2.75, 3.05) is 63.6 Å². The predicted molar refractivity (Wildman–Crippen MR) is 312 cm³/mol. The molecule has 72 heavy (non-hydrogen) atoms. The van der Waals surface area contributed by atoms with Gasteiger partial charge in [0.15, 0.2) is 0 Å². The number of rotatable bonds is 23. The molecule has 404 valence electrons. The largest absolute Gasteiger partial charge is 0.494 e. The molecule has 10 heteroatoms. The molecular weight excluding hydrogens is 893 g/mol. The van der Waals surface area contributed by atoms with E-state index < -0.39 is 0 Å². The smallest absolute Gasteiger partial charge is 0.227 e. The summed E-state index contributed by atoms with van der Waals surface area (Å²) < 4.78 is 5.69. The molecular formula is C62H102N6O4. The summed E-state index contributed by atoms with van der Waals surface area (Å²) in [5, 5.41) is 9.42. The lowest BCUT2D eigenvalue weighted by atomic mass is 9.85. The summed E-state index contributed by atoms with van der Waals surface area (Å²) in [6.45, 7) is 43.0. The minimum atomic E-state index is -0.226. The van der Waals surface area contributed by atoms with E-state index in [4.69, 9.17) is 4.74 Å². The van der Waals surface area contributed by atoms with Crippen LogP contribution >= 0.6 is 0 Å². The van der Waals surface area contributed by atoms with E-state index in [0.29, 0.717) is 24.7 Å². The quantitative estimate of drug-likeness (QED) is 0.0573. The Labute approximate surface area is 440 Å². The molecule has 3 N–H and O–H groups in total. The Kier molecular flexibility index (Phi) is 36.3. The zero-order valence-corrected chi connectivity index (χ0v) is 48.3. The molecule has 2 aliphatic heterocycles. The summed E-state index contributed by atoms with van der Waals surface area (Å²) in [6.07, 6.45) is 15.9. The third-order valence-electron chi connectivity index (χ3n) is 13.0. The highest BCUT2D eigenvalue weighted by molar-refractivity contribution is 5.83. The molecule has 0 radical (unpaired) electrons. The molecule has 10 nitrogen and oxygen atoms in total. The molecule has 2 heterocycles. The van der Waals surface area contributed by atoms with Crippen LogP contribution in [0.1, 0.15) is 158 Å². The molecule has 0 aliphatic carbocycles. The van der Waals surface area contributed by atoms with E-state index in [2.05, 4.69) is 150 Å². The van der Waals surface area contributed by atoms with Crippen molar-refractivity contribution in [3.8, 4) is 0 Å². The number of hydrogen-bond donors (Lipinski definition) is 3. The third kappa shape index (κ3) is 25.8. The topological polar surface area (TPSA) is 115 Å². The Morgan fingerprint density at radius 3 is 2.07 bits per heavy atom. The molecule has 1 saturated heterocycles. The fraction of sp³-hybridized carbons (Fsp3) is 0.581. The van der Waals surface area contributed by atoms with Crippen LogP contribution in [0.5, 0.6) is 0 Å². The third-order valence-corrected chi connectivity index (χ3v) is 13.0. The Hall–Kier alpha value is -5.38. The van der Waals surface area contributed by atoms with Gasteiger partial charge in [0.2, 0.25) is 5.91 Å². The number of benzene rings is 2. The lowest BCUT2D eigenvalue weighted by Gasteiger charge is -2.34. The standard InChI is InChI=1S/C20H34N2O.C19H27N3O.C13H17NO2.C8H18.C2H6/c1-6-17(15-23)18(9-8-16(3)4)14-22(5)20-12-10-19(11-13-20)21-7-2;1-6-7-18(15(3)19-16(4)23-11-9-21-19)22-10-8-17(12-20-5)14(2)13-22;1-10-5-7-11(8-6-10)12(4-3-9-15)13(16)14-2;1-5-8(4)6-7(2)3;1-2/h10-13,15-18,21H,6-9,14H2,1-5H3;6-7,12,21H,2,5,8-11,13H2,1,3-4H3;5-9,12H,3-4H2,1-2H3,(H,14,16);7-8H,5-6H2,1-4H3;1-2H3/b;7-6-,17-12-,18-15+;;;. The second kappa shape index (κ2) is 39.2. The van der Waals surface area contributed by atoms with Crippen molar-refractivity contribution in [2.24, 2.45) is 34.6 Å². The number of hydrogen-bond acceptors (Lipinski definition) is 9. The zero-order chi connectivity index (χ0) is 54.6. The number of carbonyl (C=O) groups is 3. The summed E-state index contributed by atoms with van der Waals surface area (Å²) in [6, 6.07) is 16.4. The Balaban J connectivity index is 0.000000972. The first-order chi connectivity index (χ1) is 34.4. The van der Waals surface area contributed by atoms with Gasteiger partial charge in [-0.2, -0.15) is 0 Å². The van der Waals surface area contributed by atoms with Crippen molar-refractivity contribution in [3.05, 3.63) is 118 Å². The maximum atomic E-state index is 11.7. The van der Waals surface area contributed by atoms with E-state index in [1.807, 2.05) is 65.1 Å². The van der Waals surface area contributed by atoms with Crippen LogP contribution < -0.4 is 20.9 Å². The van der Waals surface area contributed by atoms with Gasteiger partial charge >= 0.3 is 0 Å². The molecule has 0 saturated carbocycles. The van der Waals surface area contributed by atoms with Gasteiger partial charge in [0.05, 0.1) is 11.6 Å². The number of allylic oxidation sites excluding steroid dienone is 4. The van der Waals surface area contributed by atoms with E-state index in [-0.39, 0.29) is 17.7 Å². The van der Waals surface area contributed by atoms with E-state index in [9.17, 15) is 14.4 Å². The summed E-state index contributed by atoms with van der Waals surface area (Å²) in [4.78, 5) is 42.0. The molecule has 2 aromatic carbocycles. The van der Waals surface area contributed by atoms with Gasteiger partial charge < -0.3 is 40.1 Å². The van der Waals surface area contributed by atoms with E-state index >= 15 is 0 Å².